The smallest absolute Gasteiger partial charge is 0.251 e. The highest BCUT2D eigenvalue weighted by Gasteiger charge is 2.30. The van der Waals surface area contributed by atoms with E-state index in [4.69, 9.17) is 16.3 Å². The molecule has 3 aromatic rings. The molecule has 0 aliphatic heterocycles. The highest BCUT2D eigenvalue weighted by molar-refractivity contribution is 7.91. The van der Waals surface area contributed by atoms with Gasteiger partial charge in [-0.2, -0.15) is 0 Å². The van der Waals surface area contributed by atoms with E-state index in [1.165, 1.54) is 31.5 Å². The van der Waals surface area contributed by atoms with Crippen LogP contribution < -0.4 is 10.1 Å². The number of carbonyl (C=O) groups excluding carboxylic acids is 1. The zero-order valence-electron chi connectivity index (χ0n) is 15.6. The minimum Gasteiger partial charge on any atom is -0.497 e. The third-order valence-corrected chi connectivity index (χ3v) is 6.71. The molecule has 0 saturated heterocycles. The molecule has 2 aromatic carbocycles. The van der Waals surface area contributed by atoms with E-state index in [-0.39, 0.29) is 11.4 Å². The third kappa shape index (κ3) is 4.93. The summed E-state index contributed by atoms with van der Waals surface area (Å²) in [5, 5.41) is 2.11. The van der Waals surface area contributed by atoms with E-state index >= 15 is 0 Å². The van der Waals surface area contributed by atoms with Gasteiger partial charge in [0, 0.05) is 29.5 Å². The van der Waals surface area contributed by atoms with Gasteiger partial charge in [0.25, 0.3) is 5.91 Å². The number of rotatable bonds is 7. The summed E-state index contributed by atoms with van der Waals surface area (Å²) in [5.41, 5.74) is 0.832. The van der Waals surface area contributed by atoms with Crippen LogP contribution >= 0.6 is 11.6 Å². The van der Waals surface area contributed by atoms with Crippen LogP contribution in [0.2, 0.25) is 5.02 Å². The number of pyridine rings is 1. The Kier molecular flexibility index (Phi) is 6.51. The van der Waals surface area contributed by atoms with Crippen LogP contribution in [0.3, 0.4) is 0 Å². The number of carbonyl (C=O) groups is 1. The van der Waals surface area contributed by atoms with E-state index < -0.39 is 21.0 Å². The Morgan fingerprint density at radius 1 is 1.14 bits per heavy atom. The first-order valence-corrected chi connectivity index (χ1v) is 10.7. The Hall–Kier alpha value is -2.90. The van der Waals surface area contributed by atoms with Gasteiger partial charge < -0.3 is 10.1 Å². The predicted octanol–water partition coefficient (Wildman–Crippen LogP) is 3.69. The first-order valence-electron chi connectivity index (χ1n) is 8.73. The molecule has 0 aliphatic carbocycles. The van der Waals surface area contributed by atoms with Crippen molar-refractivity contribution in [2.24, 2.45) is 0 Å². The van der Waals surface area contributed by atoms with Gasteiger partial charge >= 0.3 is 0 Å². The summed E-state index contributed by atoms with van der Waals surface area (Å²) in [6, 6.07) is 15.9. The fourth-order valence-electron chi connectivity index (χ4n) is 2.82. The van der Waals surface area contributed by atoms with Gasteiger partial charge in [-0.3, -0.25) is 9.78 Å². The highest BCUT2D eigenvalue weighted by atomic mass is 35.5. The Balaban J connectivity index is 1.89. The summed E-state index contributed by atoms with van der Waals surface area (Å²) >= 11 is 5.93. The molecule has 6 nitrogen and oxygen atoms in total. The minimum absolute atomic E-state index is 0.120. The van der Waals surface area contributed by atoms with E-state index in [0.717, 1.165) is 0 Å². The van der Waals surface area contributed by atoms with Gasteiger partial charge in [-0.15, -0.1) is 0 Å². The van der Waals surface area contributed by atoms with Gasteiger partial charge in [0.2, 0.25) is 0 Å². The van der Waals surface area contributed by atoms with Crippen LogP contribution in [-0.4, -0.2) is 33.0 Å². The standard InChI is InChI=1S/C21H19ClN2O4S/c1-28-18-7-9-19(10-8-18)29(26,27)20(16-5-3-11-23-13-16)14-24-21(25)15-4-2-6-17(22)12-15/h2-13,20H,14H2,1H3,(H,24,25)/t20-/m0/s1. The van der Waals surface area contributed by atoms with Crippen LogP contribution in [-0.2, 0) is 9.84 Å². The van der Waals surface area contributed by atoms with Crippen molar-refractivity contribution < 1.29 is 17.9 Å². The van der Waals surface area contributed by atoms with Crippen LogP contribution in [0.15, 0.2) is 78.0 Å². The summed E-state index contributed by atoms with van der Waals surface area (Å²) in [7, 11) is -2.29. The molecule has 0 radical (unpaired) electrons. The van der Waals surface area contributed by atoms with E-state index in [9.17, 15) is 13.2 Å². The second-order valence-corrected chi connectivity index (χ2v) is 8.78. The fourth-order valence-corrected chi connectivity index (χ4v) is 4.65. The quantitative estimate of drug-likeness (QED) is 0.617. The van der Waals surface area contributed by atoms with Crippen LogP contribution in [0.25, 0.3) is 0 Å². The molecule has 0 spiro atoms. The average Bonchev–Trinajstić information content (AvgIpc) is 2.74. The molecule has 0 bridgehead atoms. The molecule has 8 heteroatoms. The number of ether oxygens (including phenoxy) is 1. The maximum atomic E-state index is 13.3. The number of aromatic nitrogens is 1. The Morgan fingerprint density at radius 3 is 2.52 bits per heavy atom. The molecule has 0 saturated carbocycles. The summed E-state index contributed by atoms with van der Waals surface area (Å²) < 4.78 is 31.7. The number of nitrogens with zero attached hydrogens (tertiary/aromatic N) is 1. The lowest BCUT2D eigenvalue weighted by Crippen LogP contribution is -2.32. The van der Waals surface area contributed by atoms with Crippen molar-refractivity contribution >= 4 is 27.3 Å². The van der Waals surface area contributed by atoms with Crippen molar-refractivity contribution in [1.29, 1.82) is 0 Å². The zero-order chi connectivity index (χ0) is 20.9. The SMILES string of the molecule is COc1ccc(S(=O)(=O)[C@@H](CNC(=O)c2cccc(Cl)c2)c2cccnc2)cc1. The van der Waals surface area contributed by atoms with Gasteiger partial charge in [-0.05, 0) is 54.1 Å². The summed E-state index contributed by atoms with van der Waals surface area (Å²) in [4.78, 5) is 16.6. The molecule has 29 heavy (non-hydrogen) atoms. The first-order chi connectivity index (χ1) is 13.9. The number of amides is 1. The van der Waals surface area contributed by atoms with E-state index in [2.05, 4.69) is 10.3 Å². The molecule has 0 unspecified atom stereocenters. The summed E-state index contributed by atoms with van der Waals surface area (Å²) in [6.45, 7) is -0.120. The Bertz CT molecular complexity index is 1090. The monoisotopic (exact) mass is 430 g/mol. The van der Waals surface area contributed by atoms with Crippen molar-refractivity contribution in [2.75, 3.05) is 13.7 Å². The number of methoxy groups -OCH3 is 1. The lowest BCUT2D eigenvalue weighted by molar-refractivity contribution is 0.0953. The summed E-state index contributed by atoms with van der Waals surface area (Å²) in [6.07, 6.45) is 3.04. The van der Waals surface area contributed by atoms with Gasteiger partial charge in [0.15, 0.2) is 9.84 Å². The maximum absolute atomic E-state index is 13.3. The number of hydrogen-bond donors (Lipinski definition) is 1. The van der Waals surface area contributed by atoms with Gasteiger partial charge in [-0.25, -0.2) is 8.42 Å². The molecule has 150 valence electrons. The fraction of sp³-hybridized carbons (Fsp3) is 0.143. The summed E-state index contributed by atoms with van der Waals surface area (Å²) in [5.74, 6) is 0.141. The van der Waals surface area contributed by atoms with Crippen molar-refractivity contribution in [3.63, 3.8) is 0 Å². The number of sulfone groups is 1. The molecule has 1 heterocycles. The maximum Gasteiger partial charge on any atom is 0.251 e. The largest absolute Gasteiger partial charge is 0.497 e. The molecule has 0 fully saturated rings. The average molecular weight is 431 g/mol. The van der Waals surface area contributed by atoms with Crippen LogP contribution in [0.1, 0.15) is 21.2 Å². The van der Waals surface area contributed by atoms with Gasteiger partial charge in [0.05, 0.1) is 12.0 Å². The molecule has 1 amide bonds. The zero-order valence-corrected chi connectivity index (χ0v) is 17.2. The number of benzene rings is 2. The third-order valence-electron chi connectivity index (χ3n) is 4.35. The van der Waals surface area contributed by atoms with Crippen molar-refractivity contribution in [3.8, 4) is 5.75 Å². The van der Waals surface area contributed by atoms with Crippen LogP contribution in [0.5, 0.6) is 5.75 Å². The van der Waals surface area contributed by atoms with Crippen molar-refractivity contribution in [3.05, 3.63) is 89.2 Å². The first kappa shape index (κ1) is 20.8. The van der Waals surface area contributed by atoms with Gasteiger partial charge in [-0.1, -0.05) is 23.7 Å². The molecule has 1 atom stereocenters. The van der Waals surface area contributed by atoms with E-state index in [1.807, 2.05) is 0 Å². The van der Waals surface area contributed by atoms with Gasteiger partial charge in [0.1, 0.15) is 11.0 Å². The molecule has 0 aliphatic rings. The molecular weight excluding hydrogens is 412 g/mol. The highest BCUT2D eigenvalue weighted by Crippen LogP contribution is 2.29. The molecule has 1 aromatic heterocycles. The van der Waals surface area contributed by atoms with Crippen LogP contribution in [0, 0.1) is 0 Å². The second kappa shape index (κ2) is 9.07. The lowest BCUT2D eigenvalue weighted by atomic mass is 10.2. The number of nitrogens with one attached hydrogen (secondary N) is 1. The van der Waals surface area contributed by atoms with Crippen molar-refractivity contribution in [1.82, 2.24) is 10.3 Å². The topological polar surface area (TPSA) is 85.4 Å². The minimum atomic E-state index is -3.80. The van der Waals surface area contributed by atoms with E-state index in [1.54, 1.807) is 48.7 Å². The van der Waals surface area contributed by atoms with Crippen molar-refractivity contribution in [2.45, 2.75) is 10.1 Å². The van der Waals surface area contributed by atoms with Crippen LogP contribution in [0.4, 0.5) is 0 Å². The lowest BCUT2D eigenvalue weighted by Gasteiger charge is -2.19. The second-order valence-electron chi connectivity index (χ2n) is 6.22. The predicted molar refractivity (Wildman–Crippen MR) is 111 cm³/mol. The normalized spacial score (nSPS) is 12.2. The number of halogens is 1. The Morgan fingerprint density at radius 2 is 1.90 bits per heavy atom. The Labute approximate surface area is 174 Å². The molecular formula is C21H19ClN2O4S. The molecule has 1 N–H and O–H groups in total. The molecule has 3 rings (SSSR count). The van der Waals surface area contributed by atoms with E-state index in [0.29, 0.717) is 21.9 Å². The number of hydrogen-bond acceptors (Lipinski definition) is 5.